The van der Waals surface area contributed by atoms with Crippen molar-refractivity contribution in [2.24, 2.45) is 23.1 Å². The number of carbonyl (C=O) groups excluding carboxylic acids is 10. The third-order valence-electron chi connectivity index (χ3n) is 10.3. The van der Waals surface area contributed by atoms with Crippen LogP contribution in [0.4, 0.5) is 0 Å². The molecule has 418 valence electrons. The molecule has 0 unspecified atom stereocenters. The highest BCUT2D eigenvalue weighted by Gasteiger charge is 2.34. The van der Waals surface area contributed by atoms with E-state index in [-0.39, 0.29) is 30.9 Å². The molecule has 19 N–H and O–H groups in total. The van der Waals surface area contributed by atoms with Crippen LogP contribution in [-0.2, 0) is 67.1 Å². The van der Waals surface area contributed by atoms with Crippen LogP contribution in [0.15, 0.2) is 0 Å². The van der Waals surface area contributed by atoms with Crippen molar-refractivity contribution in [1.29, 1.82) is 0 Å². The average molecular weight is 1100 g/mol. The summed E-state index contributed by atoms with van der Waals surface area (Å²) in [6.07, 6.45) is -2.94. The van der Waals surface area contributed by atoms with Gasteiger partial charge in [-0.15, -0.1) is 0 Å². The number of carboxylic acid groups (broad SMARTS) is 4. The zero-order valence-corrected chi connectivity index (χ0v) is 42.8. The number of hydrogen-bond acceptors (Lipinski definition) is 18. The van der Waals surface area contributed by atoms with E-state index in [1.807, 2.05) is 0 Å². The highest BCUT2D eigenvalue weighted by Crippen LogP contribution is 2.10. The van der Waals surface area contributed by atoms with E-state index in [0.717, 1.165) is 6.92 Å². The van der Waals surface area contributed by atoms with Crippen molar-refractivity contribution in [1.82, 2.24) is 47.9 Å². The van der Waals surface area contributed by atoms with E-state index in [0.29, 0.717) is 19.4 Å². The molecule has 0 radical (unpaired) electrons. The van der Waals surface area contributed by atoms with Crippen LogP contribution in [0.2, 0.25) is 0 Å². The predicted octanol–water partition coefficient (Wildman–Crippen LogP) is -6.08. The Hall–Kier alpha value is -6.80. The van der Waals surface area contributed by atoms with Gasteiger partial charge in [0.2, 0.25) is 59.1 Å². The normalized spacial score (nSPS) is 14.5. The summed E-state index contributed by atoms with van der Waals surface area (Å²) in [4.78, 5) is 176. The Bertz CT molecular complexity index is 2020. The lowest BCUT2D eigenvalue weighted by atomic mass is 10.0. The Labute approximate surface area is 435 Å². The number of primary amides is 1. The first-order valence-corrected chi connectivity index (χ1v) is 24.4. The summed E-state index contributed by atoms with van der Waals surface area (Å²) >= 11 is 7.93. The Morgan fingerprint density at radius 1 is 0.473 bits per heavy atom. The van der Waals surface area contributed by atoms with Gasteiger partial charge in [0, 0.05) is 30.8 Å². The number of aliphatic carboxylic acids is 4. The number of hydrogen-bond donors (Lipinski definition) is 18. The molecule has 0 aromatic rings. The van der Waals surface area contributed by atoms with Crippen molar-refractivity contribution >= 4 is 108 Å². The summed E-state index contributed by atoms with van der Waals surface area (Å²) < 4.78 is 0. The molecule has 0 aliphatic heterocycles. The van der Waals surface area contributed by atoms with Crippen molar-refractivity contribution < 1.29 is 87.5 Å². The maximum Gasteiger partial charge on any atom is 0.327 e. The Morgan fingerprint density at radius 3 is 1.35 bits per heavy atom. The number of unbranched alkanes of at least 4 members (excludes halogenated alkanes) is 1. The number of thiol groups is 2. The minimum Gasteiger partial charge on any atom is -0.481 e. The van der Waals surface area contributed by atoms with E-state index in [4.69, 9.17) is 17.2 Å². The fourth-order valence-corrected chi connectivity index (χ4v) is 6.83. The minimum atomic E-state index is -1.90. The third kappa shape index (κ3) is 27.9. The molecule has 0 bridgehead atoms. The fourth-order valence-electron chi connectivity index (χ4n) is 6.32. The van der Waals surface area contributed by atoms with E-state index >= 15 is 0 Å². The number of nitrogens with two attached hydrogens (primary N) is 3. The lowest BCUT2D eigenvalue weighted by Gasteiger charge is -2.27. The molecule has 9 atom stereocenters. The largest absolute Gasteiger partial charge is 0.481 e. The van der Waals surface area contributed by atoms with E-state index in [9.17, 15) is 87.5 Å². The first-order valence-electron chi connectivity index (χ1n) is 23.1. The molecule has 0 fully saturated rings. The Morgan fingerprint density at radius 2 is 0.892 bits per heavy atom. The molecule has 0 aliphatic rings. The monoisotopic (exact) mass is 1090 g/mol. The van der Waals surface area contributed by atoms with Gasteiger partial charge in [-0.2, -0.15) is 25.3 Å². The average Bonchev–Trinajstić information content (AvgIpc) is 3.31. The van der Waals surface area contributed by atoms with Crippen LogP contribution >= 0.6 is 25.3 Å². The number of carboxylic acids is 4. The lowest BCUT2D eigenvalue weighted by Crippen LogP contribution is -2.60. The number of rotatable bonds is 38. The molecule has 0 rings (SSSR count). The summed E-state index contributed by atoms with van der Waals surface area (Å²) in [5, 5.41) is 57.5. The second kappa shape index (κ2) is 35.4. The van der Waals surface area contributed by atoms with E-state index in [1.165, 1.54) is 0 Å². The van der Waals surface area contributed by atoms with Crippen LogP contribution in [0.1, 0.15) is 91.4 Å². The molecule has 0 aliphatic carbocycles. The van der Waals surface area contributed by atoms with Crippen molar-refractivity contribution in [2.75, 3.05) is 24.6 Å². The van der Waals surface area contributed by atoms with Crippen LogP contribution in [0.5, 0.6) is 0 Å². The topological polar surface area (TPSA) is 506 Å². The smallest absolute Gasteiger partial charge is 0.327 e. The van der Waals surface area contributed by atoms with Crippen LogP contribution in [-0.4, -0.2) is 182 Å². The third-order valence-corrected chi connectivity index (χ3v) is 11.1. The number of amides is 10. The maximum atomic E-state index is 13.6. The molecule has 10 amide bonds. The SMILES string of the molecule is CC(C)C[C@H](NC(=O)[C@H](CCC(=O)O)NC(=O)[C@@H](N)CCCCN)C(=O)N[C@@H](CS)C(=O)N[C@@H](CC(=O)O)C(=O)N[C@@H](C)C(=O)NCC(=O)N[C@@H](CCC(=O)O)C(=O)N[C@@H](CCC(N)=O)C(=O)N[C@@H](CS)C(=O)O. The molecular weight excluding hydrogens is 1020 g/mol. The van der Waals surface area contributed by atoms with Crippen LogP contribution in [0.3, 0.4) is 0 Å². The summed E-state index contributed by atoms with van der Waals surface area (Å²) in [6, 6.07) is -13.8. The van der Waals surface area contributed by atoms with E-state index < -0.39 is 188 Å². The summed E-state index contributed by atoms with van der Waals surface area (Å²) in [5.74, 6) is -17.2. The molecule has 0 heterocycles. The lowest BCUT2D eigenvalue weighted by molar-refractivity contribution is -0.142. The van der Waals surface area contributed by atoms with Gasteiger partial charge < -0.3 is 85.5 Å². The van der Waals surface area contributed by atoms with Gasteiger partial charge in [0.25, 0.3) is 0 Å². The van der Waals surface area contributed by atoms with Crippen molar-refractivity contribution in [3.8, 4) is 0 Å². The zero-order valence-electron chi connectivity index (χ0n) is 41.0. The molecule has 30 nitrogen and oxygen atoms in total. The zero-order chi connectivity index (χ0) is 56.8. The maximum absolute atomic E-state index is 13.6. The van der Waals surface area contributed by atoms with Crippen molar-refractivity contribution in [3.63, 3.8) is 0 Å². The van der Waals surface area contributed by atoms with Crippen LogP contribution in [0, 0.1) is 5.92 Å². The van der Waals surface area contributed by atoms with Gasteiger partial charge in [0.05, 0.1) is 19.0 Å². The molecule has 0 aromatic carbocycles. The predicted molar refractivity (Wildman–Crippen MR) is 264 cm³/mol. The number of carbonyl (C=O) groups is 14. The quantitative estimate of drug-likeness (QED) is 0.0202. The molecule has 0 saturated carbocycles. The van der Waals surface area contributed by atoms with Gasteiger partial charge in [-0.1, -0.05) is 20.3 Å². The first-order chi connectivity index (χ1) is 34.6. The molecule has 74 heavy (non-hydrogen) atoms. The molecule has 0 saturated heterocycles. The highest BCUT2D eigenvalue weighted by molar-refractivity contribution is 7.80. The van der Waals surface area contributed by atoms with Gasteiger partial charge >= 0.3 is 23.9 Å². The van der Waals surface area contributed by atoms with Crippen LogP contribution < -0.4 is 65.1 Å². The van der Waals surface area contributed by atoms with Crippen molar-refractivity contribution in [3.05, 3.63) is 0 Å². The minimum absolute atomic E-state index is 0.0434. The van der Waals surface area contributed by atoms with E-state index in [2.05, 4.69) is 73.1 Å². The van der Waals surface area contributed by atoms with Gasteiger partial charge in [0.15, 0.2) is 0 Å². The Balaban J connectivity index is 6.01. The molecular formula is C42H70N12O18S2. The first kappa shape index (κ1) is 67.2. The van der Waals surface area contributed by atoms with Gasteiger partial charge in [-0.25, -0.2) is 4.79 Å². The summed E-state index contributed by atoms with van der Waals surface area (Å²) in [6.45, 7) is 3.92. The Kier molecular flexibility index (Phi) is 32.1. The van der Waals surface area contributed by atoms with Crippen molar-refractivity contribution in [2.45, 2.75) is 146 Å². The van der Waals surface area contributed by atoms with Gasteiger partial charge in [0.1, 0.15) is 48.3 Å². The molecule has 32 heteroatoms. The second-order valence-corrected chi connectivity index (χ2v) is 17.9. The summed E-state index contributed by atoms with van der Waals surface area (Å²) in [7, 11) is 0. The molecule has 0 aromatic heterocycles. The van der Waals surface area contributed by atoms with Crippen LogP contribution in [0.25, 0.3) is 0 Å². The highest BCUT2D eigenvalue weighted by atomic mass is 32.1. The fraction of sp³-hybridized carbons (Fsp3) is 0.667. The standard InChI is InChI=1S/C42H70N12O18S2/c1-19(2)14-25(51-37(66)24(9-12-32(59)60)49-35(64)21(44)6-4-5-13-43)40(69)53-27(17-73)41(70)52-26(15-33(61)62)39(68)47-20(3)34(63)46-16-30(56)48-22(8-11-31(57)58)36(65)50-23(7-10-29(45)55)38(67)54-28(18-74)42(71)72/h19-28,73-74H,4-18,43-44H2,1-3H3,(H2,45,55)(H,46,63)(H,47,68)(H,48,56)(H,49,64)(H,50,65)(H,51,66)(H,52,70)(H,53,69)(H,54,67)(H,57,58)(H,59,60)(H,61,62)(H,71,72)/t20-,21-,22-,23-,24-,25-,26-,27-,28-/m0/s1. The number of nitrogens with one attached hydrogen (secondary N) is 9. The molecule has 0 spiro atoms. The summed E-state index contributed by atoms with van der Waals surface area (Å²) in [5.41, 5.74) is 16.6. The van der Waals surface area contributed by atoms with Gasteiger partial charge in [-0.3, -0.25) is 62.3 Å². The van der Waals surface area contributed by atoms with Gasteiger partial charge in [-0.05, 0) is 57.9 Å². The second-order valence-electron chi connectivity index (χ2n) is 17.1. The van der Waals surface area contributed by atoms with E-state index in [1.54, 1.807) is 13.8 Å².